The van der Waals surface area contributed by atoms with Gasteiger partial charge in [0.25, 0.3) is 0 Å². The Morgan fingerprint density at radius 2 is 2.05 bits per heavy atom. The van der Waals surface area contributed by atoms with Crippen molar-refractivity contribution < 1.29 is 0 Å². The third-order valence-electron chi connectivity index (χ3n) is 3.03. The van der Waals surface area contributed by atoms with Gasteiger partial charge in [0.05, 0.1) is 6.04 Å². The number of nitrogens with one attached hydrogen (secondary N) is 1. The van der Waals surface area contributed by atoms with Gasteiger partial charge in [0.15, 0.2) is 0 Å². The fraction of sp³-hybridized carbons (Fsp3) is 0.333. The molecule has 0 fully saturated rings. The number of rotatable bonds is 5. The minimum Gasteiger partial charge on any atom is -0.306 e. The van der Waals surface area contributed by atoms with Crippen LogP contribution in [0.3, 0.4) is 0 Å². The van der Waals surface area contributed by atoms with Gasteiger partial charge in [-0.1, -0.05) is 34.5 Å². The van der Waals surface area contributed by atoms with Crippen molar-refractivity contribution in [3.8, 4) is 0 Å². The van der Waals surface area contributed by atoms with Crippen molar-refractivity contribution in [3.63, 3.8) is 0 Å². The fourth-order valence-electron chi connectivity index (χ4n) is 2.01. The van der Waals surface area contributed by atoms with Crippen LogP contribution in [-0.2, 0) is 0 Å². The molecule has 0 aliphatic heterocycles. The van der Waals surface area contributed by atoms with Gasteiger partial charge in [-0.25, -0.2) is 0 Å². The molecule has 1 unspecified atom stereocenters. The first-order valence-electron chi connectivity index (χ1n) is 6.47. The number of halogens is 3. The Morgan fingerprint density at radius 3 is 2.65 bits per heavy atom. The molecule has 1 atom stereocenters. The first kappa shape index (κ1) is 16.5. The molecule has 0 saturated carbocycles. The van der Waals surface area contributed by atoms with E-state index in [9.17, 15) is 0 Å². The van der Waals surface area contributed by atoms with E-state index in [1.165, 1.54) is 9.75 Å². The second-order valence-electron chi connectivity index (χ2n) is 4.61. The molecule has 2 aromatic rings. The van der Waals surface area contributed by atoms with E-state index in [0.29, 0.717) is 0 Å². The third kappa shape index (κ3) is 3.86. The van der Waals surface area contributed by atoms with Crippen LogP contribution in [0.15, 0.2) is 33.2 Å². The predicted octanol–water partition coefficient (Wildman–Crippen LogP) is 6.32. The number of aryl methyl sites for hydroxylation is 1. The number of benzene rings is 1. The largest absolute Gasteiger partial charge is 0.306 e. The second-order valence-corrected chi connectivity index (χ2v) is 8.07. The first-order valence-corrected chi connectivity index (χ1v) is 9.25. The smallest absolute Gasteiger partial charge is 0.0686 e. The second kappa shape index (κ2) is 7.41. The molecule has 2 rings (SSSR count). The Morgan fingerprint density at radius 1 is 1.30 bits per heavy atom. The Labute approximate surface area is 146 Å². The minimum absolute atomic E-state index is 0.134. The van der Waals surface area contributed by atoms with Gasteiger partial charge in [-0.2, -0.15) is 0 Å². The lowest BCUT2D eigenvalue weighted by Crippen LogP contribution is -2.22. The Bertz CT molecular complexity index is 578. The number of hydrogen-bond donors (Lipinski definition) is 1. The van der Waals surface area contributed by atoms with E-state index in [-0.39, 0.29) is 6.04 Å². The van der Waals surface area contributed by atoms with Crippen molar-refractivity contribution in [1.29, 1.82) is 0 Å². The van der Waals surface area contributed by atoms with E-state index in [4.69, 9.17) is 11.6 Å². The highest BCUT2D eigenvalue weighted by Gasteiger charge is 2.19. The summed E-state index contributed by atoms with van der Waals surface area (Å²) in [5, 5.41) is 4.39. The SMILES string of the molecule is CCCNC(c1cc(Br)c(C)s1)c1cc(Br)ccc1Cl. The average Bonchev–Trinajstić information content (AvgIpc) is 2.74. The number of hydrogen-bond acceptors (Lipinski definition) is 2. The maximum absolute atomic E-state index is 6.40. The van der Waals surface area contributed by atoms with Gasteiger partial charge in [0.1, 0.15) is 0 Å². The molecule has 0 aliphatic rings. The van der Waals surface area contributed by atoms with E-state index in [0.717, 1.165) is 32.5 Å². The third-order valence-corrected chi connectivity index (χ3v) is 6.07. The summed E-state index contributed by atoms with van der Waals surface area (Å²) in [6.07, 6.45) is 1.09. The standard InChI is InChI=1S/C15H16Br2ClNS/c1-3-6-19-15(14-8-12(17)9(2)20-14)11-7-10(16)4-5-13(11)18/h4-5,7-8,15,19H,3,6H2,1-2H3. The summed E-state index contributed by atoms with van der Waals surface area (Å²) < 4.78 is 2.21. The van der Waals surface area contributed by atoms with Crippen LogP contribution in [0.25, 0.3) is 0 Å². The van der Waals surface area contributed by atoms with Crippen LogP contribution < -0.4 is 5.32 Å². The molecule has 1 N–H and O–H groups in total. The topological polar surface area (TPSA) is 12.0 Å². The van der Waals surface area contributed by atoms with Gasteiger partial charge in [-0.15, -0.1) is 11.3 Å². The zero-order valence-corrected chi connectivity index (χ0v) is 16.1. The van der Waals surface area contributed by atoms with E-state index in [2.05, 4.69) is 63.2 Å². The molecule has 1 nitrogen and oxygen atoms in total. The maximum atomic E-state index is 6.40. The molecule has 0 amide bonds. The van der Waals surface area contributed by atoms with Gasteiger partial charge in [0, 0.05) is 23.7 Å². The highest BCUT2D eigenvalue weighted by molar-refractivity contribution is 9.10. The highest BCUT2D eigenvalue weighted by Crippen LogP contribution is 2.37. The highest BCUT2D eigenvalue weighted by atomic mass is 79.9. The molecule has 0 radical (unpaired) electrons. The van der Waals surface area contributed by atoms with Crippen molar-refractivity contribution in [1.82, 2.24) is 5.32 Å². The Balaban J connectivity index is 2.43. The summed E-state index contributed by atoms with van der Waals surface area (Å²) in [4.78, 5) is 2.57. The lowest BCUT2D eigenvalue weighted by molar-refractivity contribution is 0.605. The Hall–Kier alpha value is 0.130. The summed E-state index contributed by atoms with van der Waals surface area (Å²) in [6.45, 7) is 5.25. The van der Waals surface area contributed by atoms with E-state index < -0.39 is 0 Å². The number of thiophene rings is 1. The van der Waals surface area contributed by atoms with Crippen molar-refractivity contribution in [2.45, 2.75) is 26.3 Å². The molecule has 1 aromatic carbocycles. The van der Waals surface area contributed by atoms with E-state index in [1.54, 1.807) is 11.3 Å². The van der Waals surface area contributed by atoms with Crippen LogP contribution in [0, 0.1) is 6.92 Å². The van der Waals surface area contributed by atoms with Gasteiger partial charge < -0.3 is 5.32 Å². The monoisotopic (exact) mass is 435 g/mol. The molecular weight excluding hydrogens is 422 g/mol. The quantitative estimate of drug-likeness (QED) is 0.577. The summed E-state index contributed by atoms with van der Waals surface area (Å²) in [5.74, 6) is 0. The molecule has 1 heterocycles. The van der Waals surface area contributed by atoms with Gasteiger partial charge in [-0.3, -0.25) is 0 Å². The fourth-order valence-corrected chi connectivity index (χ4v) is 4.27. The average molecular weight is 438 g/mol. The van der Waals surface area contributed by atoms with Crippen LogP contribution in [0.1, 0.15) is 34.7 Å². The lowest BCUT2D eigenvalue weighted by Gasteiger charge is -2.19. The van der Waals surface area contributed by atoms with Crippen LogP contribution in [0.4, 0.5) is 0 Å². The molecule has 1 aromatic heterocycles. The van der Waals surface area contributed by atoms with Crippen LogP contribution in [0.2, 0.25) is 5.02 Å². The van der Waals surface area contributed by atoms with Gasteiger partial charge in [0.2, 0.25) is 0 Å². The molecule has 20 heavy (non-hydrogen) atoms. The summed E-state index contributed by atoms with van der Waals surface area (Å²) >= 11 is 15.3. The van der Waals surface area contributed by atoms with Crippen LogP contribution >= 0.6 is 54.8 Å². The van der Waals surface area contributed by atoms with Crippen LogP contribution in [0.5, 0.6) is 0 Å². The van der Waals surface area contributed by atoms with Crippen molar-refractivity contribution in [2.24, 2.45) is 0 Å². The first-order chi connectivity index (χ1) is 9.52. The molecule has 0 aliphatic carbocycles. The predicted molar refractivity (Wildman–Crippen MR) is 96.0 cm³/mol. The molecule has 0 bridgehead atoms. The molecule has 108 valence electrons. The maximum Gasteiger partial charge on any atom is 0.0686 e. The molecule has 0 spiro atoms. The van der Waals surface area contributed by atoms with Crippen LogP contribution in [-0.4, -0.2) is 6.54 Å². The van der Waals surface area contributed by atoms with Gasteiger partial charge in [-0.05, 0) is 65.6 Å². The summed E-state index contributed by atoms with van der Waals surface area (Å²) in [5.41, 5.74) is 1.11. The van der Waals surface area contributed by atoms with Crippen molar-refractivity contribution in [3.05, 3.63) is 53.6 Å². The zero-order valence-electron chi connectivity index (χ0n) is 11.3. The van der Waals surface area contributed by atoms with Crippen molar-refractivity contribution >= 4 is 54.8 Å². The summed E-state index contributed by atoms with van der Waals surface area (Å²) in [7, 11) is 0. The Kier molecular flexibility index (Phi) is 6.11. The summed E-state index contributed by atoms with van der Waals surface area (Å²) in [6, 6.07) is 8.33. The van der Waals surface area contributed by atoms with Crippen molar-refractivity contribution in [2.75, 3.05) is 6.54 Å². The van der Waals surface area contributed by atoms with E-state index in [1.807, 2.05) is 12.1 Å². The molecule has 5 heteroatoms. The van der Waals surface area contributed by atoms with Gasteiger partial charge >= 0.3 is 0 Å². The van der Waals surface area contributed by atoms with E-state index >= 15 is 0 Å². The zero-order chi connectivity index (χ0) is 14.7. The normalized spacial score (nSPS) is 12.7. The molecule has 0 saturated heterocycles. The lowest BCUT2D eigenvalue weighted by atomic mass is 10.1. The minimum atomic E-state index is 0.134. The molecular formula is C15H16Br2ClNS.